The maximum absolute atomic E-state index is 12.3. The van der Waals surface area contributed by atoms with E-state index in [0.717, 1.165) is 37.3 Å². The number of carbonyl (C=O) groups is 1. The largest absolute Gasteiger partial charge is 0.326 e. The molecule has 0 aliphatic rings. The zero-order chi connectivity index (χ0) is 15.0. The van der Waals surface area contributed by atoms with E-state index in [1.807, 2.05) is 43.3 Å². The highest BCUT2D eigenvalue weighted by Gasteiger charge is 2.12. The van der Waals surface area contributed by atoms with Gasteiger partial charge in [-0.25, -0.2) is 4.79 Å². The molecule has 5 nitrogen and oxygen atoms in total. The van der Waals surface area contributed by atoms with Gasteiger partial charge in [0.25, 0.3) is 0 Å². The van der Waals surface area contributed by atoms with Gasteiger partial charge < -0.3 is 20.9 Å². The molecule has 112 valence electrons. The first-order valence-electron chi connectivity index (χ1n) is 7.06. The summed E-state index contributed by atoms with van der Waals surface area (Å²) in [4.78, 5) is 16.2. The molecule has 0 aromatic heterocycles. The molecule has 0 saturated heterocycles. The molecule has 1 rings (SSSR count). The van der Waals surface area contributed by atoms with Crippen LogP contribution in [-0.2, 0) is 6.54 Å². The molecule has 5 heteroatoms. The van der Waals surface area contributed by atoms with Gasteiger partial charge >= 0.3 is 6.03 Å². The summed E-state index contributed by atoms with van der Waals surface area (Å²) >= 11 is 0. The minimum Gasteiger partial charge on any atom is -0.326 e. The third-order valence-corrected chi connectivity index (χ3v) is 3.01. The second kappa shape index (κ2) is 8.55. The monoisotopic (exact) mass is 278 g/mol. The van der Waals surface area contributed by atoms with Crippen molar-refractivity contribution in [3.05, 3.63) is 29.8 Å². The zero-order valence-electron chi connectivity index (χ0n) is 12.7. The fourth-order valence-corrected chi connectivity index (χ4v) is 1.88. The SMILES string of the molecule is CCCN(CCN(C)C)C(=O)Nc1cccc(CN)c1. The van der Waals surface area contributed by atoms with Crippen molar-refractivity contribution < 1.29 is 4.79 Å². The normalized spacial score (nSPS) is 10.7. The number of nitrogens with zero attached hydrogens (tertiary/aromatic N) is 2. The van der Waals surface area contributed by atoms with Crippen LogP contribution in [0.15, 0.2) is 24.3 Å². The van der Waals surface area contributed by atoms with Crippen LogP contribution in [0.2, 0.25) is 0 Å². The Balaban J connectivity index is 2.64. The average molecular weight is 278 g/mol. The molecule has 1 aromatic rings. The zero-order valence-corrected chi connectivity index (χ0v) is 12.7. The minimum atomic E-state index is -0.0529. The lowest BCUT2D eigenvalue weighted by Gasteiger charge is -2.24. The smallest absolute Gasteiger partial charge is 0.321 e. The van der Waals surface area contributed by atoms with Gasteiger partial charge in [0.05, 0.1) is 0 Å². The van der Waals surface area contributed by atoms with Crippen LogP contribution >= 0.6 is 0 Å². The van der Waals surface area contributed by atoms with Gasteiger partial charge in [-0.2, -0.15) is 0 Å². The van der Waals surface area contributed by atoms with Gasteiger partial charge in [-0.05, 0) is 38.2 Å². The maximum atomic E-state index is 12.3. The van der Waals surface area contributed by atoms with Crippen molar-refractivity contribution in [2.45, 2.75) is 19.9 Å². The van der Waals surface area contributed by atoms with Crippen molar-refractivity contribution in [2.24, 2.45) is 5.73 Å². The maximum Gasteiger partial charge on any atom is 0.321 e. The molecule has 20 heavy (non-hydrogen) atoms. The first kappa shape index (κ1) is 16.5. The van der Waals surface area contributed by atoms with Crippen molar-refractivity contribution in [3.63, 3.8) is 0 Å². The van der Waals surface area contributed by atoms with E-state index in [1.54, 1.807) is 0 Å². The number of hydrogen-bond donors (Lipinski definition) is 2. The molecule has 0 bridgehead atoms. The van der Waals surface area contributed by atoms with Crippen LogP contribution in [0.4, 0.5) is 10.5 Å². The summed E-state index contributed by atoms with van der Waals surface area (Å²) in [7, 11) is 4.01. The fourth-order valence-electron chi connectivity index (χ4n) is 1.88. The van der Waals surface area contributed by atoms with E-state index in [0.29, 0.717) is 6.54 Å². The van der Waals surface area contributed by atoms with Gasteiger partial charge in [-0.1, -0.05) is 19.1 Å². The molecule has 0 saturated carbocycles. The molecule has 0 spiro atoms. The standard InChI is InChI=1S/C15H26N4O/c1-4-8-19(10-9-18(2)3)15(20)17-14-7-5-6-13(11-14)12-16/h5-7,11H,4,8-10,12,16H2,1-3H3,(H,17,20). The van der Waals surface area contributed by atoms with Gasteiger partial charge in [-0.3, -0.25) is 0 Å². The summed E-state index contributed by atoms with van der Waals surface area (Å²) in [5, 5.41) is 2.94. The first-order valence-corrected chi connectivity index (χ1v) is 7.06. The van der Waals surface area contributed by atoms with E-state index in [2.05, 4.69) is 17.1 Å². The van der Waals surface area contributed by atoms with Gasteiger partial charge in [0.2, 0.25) is 0 Å². The summed E-state index contributed by atoms with van der Waals surface area (Å²) in [5.41, 5.74) is 7.42. The van der Waals surface area contributed by atoms with Gasteiger partial charge in [0.15, 0.2) is 0 Å². The van der Waals surface area contributed by atoms with E-state index in [9.17, 15) is 4.79 Å². The number of benzene rings is 1. The number of nitrogens with two attached hydrogens (primary N) is 1. The average Bonchev–Trinajstić information content (AvgIpc) is 2.43. The Morgan fingerprint density at radius 3 is 2.60 bits per heavy atom. The van der Waals surface area contributed by atoms with Crippen LogP contribution in [0.3, 0.4) is 0 Å². The Morgan fingerprint density at radius 1 is 1.25 bits per heavy atom. The van der Waals surface area contributed by atoms with Crippen LogP contribution in [0.25, 0.3) is 0 Å². The van der Waals surface area contributed by atoms with E-state index >= 15 is 0 Å². The second-order valence-corrected chi connectivity index (χ2v) is 5.12. The number of hydrogen-bond acceptors (Lipinski definition) is 3. The molecule has 2 amide bonds. The molecule has 0 aliphatic carbocycles. The summed E-state index contributed by atoms with van der Waals surface area (Å²) < 4.78 is 0. The quantitative estimate of drug-likeness (QED) is 0.801. The van der Waals surface area contributed by atoms with E-state index in [4.69, 9.17) is 5.73 Å². The first-order chi connectivity index (χ1) is 9.56. The highest BCUT2D eigenvalue weighted by molar-refractivity contribution is 5.89. The Hall–Kier alpha value is -1.59. The number of anilines is 1. The van der Waals surface area contributed by atoms with E-state index < -0.39 is 0 Å². The minimum absolute atomic E-state index is 0.0529. The van der Waals surface area contributed by atoms with E-state index in [1.165, 1.54) is 0 Å². The molecule has 0 aliphatic heterocycles. The van der Waals surface area contributed by atoms with Crippen molar-refractivity contribution in [3.8, 4) is 0 Å². The predicted octanol–water partition coefficient (Wildman–Crippen LogP) is 1.95. The lowest BCUT2D eigenvalue weighted by Crippen LogP contribution is -2.39. The van der Waals surface area contributed by atoms with Gasteiger partial charge in [0, 0.05) is 31.9 Å². The third-order valence-electron chi connectivity index (χ3n) is 3.01. The van der Waals surface area contributed by atoms with Crippen molar-refractivity contribution in [1.82, 2.24) is 9.80 Å². The highest BCUT2D eigenvalue weighted by atomic mass is 16.2. The number of urea groups is 1. The highest BCUT2D eigenvalue weighted by Crippen LogP contribution is 2.11. The Kier molecular flexibility index (Phi) is 7.04. The number of nitrogens with one attached hydrogen (secondary N) is 1. The van der Waals surface area contributed by atoms with Crippen LogP contribution < -0.4 is 11.1 Å². The number of rotatable bonds is 7. The molecule has 0 radical (unpaired) electrons. The molecule has 0 fully saturated rings. The summed E-state index contributed by atoms with van der Waals surface area (Å²) in [5.74, 6) is 0. The summed E-state index contributed by atoms with van der Waals surface area (Å²) in [6.07, 6.45) is 0.948. The topological polar surface area (TPSA) is 61.6 Å². The summed E-state index contributed by atoms with van der Waals surface area (Å²) in [6, 6.07) is 7.59. The van der Waals surface area contributed by atoms with E-state index in [-0.39, 0.29) is 6.03 Å². The van der Waals surface area contributed by atoms with Crippen LogP contribution in [0.5, 0.6) is 0 Å². The van der Waals surface area contributed by atoms with Crippen LogP contribution in [0.1, 0.15) is 18.9 Å². The summed E-state index contributed by atoms with van der Waals surface area (Å²) in [6.45, 7) is 4.89. The molecular formula is C15H26N4O. The van der Waals surface area contributed by atoms with Crippen molar-refractivity contribution >= 4 is 11.7 Å². The van der Waals surface area contributed by atoms with Crippen molar-refractivity contribution in [1.29, 1.82) is 0 Å². The number of amides is 2. The number of likely N-dealkylation sites (N-methyl/N-ethyl adjacent to an activating group) is 1. The lowest BCUT2D eigenvalue weighted by molar-refractivity contribution is 0.205. The van der Waals surface area contributed by atoms with Gasteiger partial charge in [0.1, 0.15) is 0 Å². The molecule has 3 N–H and O–H groups in total. The predicted molar refractivity (Wildman–Crippen MR) is 83.8 cm³/mol. The molecule has 0 heterocycles. The molecule has 0 unspecified atom stereocenters. The van der Waals surface area contributed by atoms with Crippen LogP contribution in [0, 0.1) is 0 Å². The Labute approximate surface area is 121 Å². The van der Waals surface area contributed by atoms with Crippen molar-refractivity contribution in [2.75, 3.05) is 39.0 Å². The second-order valence-electron chi connectivity index (χ2n) is 5.12. The lowest BCUT2D eigenvalue weighted by atomic mass is 10.2. The molecule has 0 atom stereocenters. The molecular weight excluding hydrogens is 252 g/mol. The fraction of sp³-hybridized carbons (Fsp3) is 0.533. The van der Waals surface area contributed by atoms with Gasteiger partial charge in [-0.15, -0.1) is 0 Å². The Morgan fingerprint density at radius 2 is 2.00 bits per heavy atom. The number of carbonyl (C=O) groups excluding carboxylic acids is 1. The Bertz CT molecular complexity index is 420. The van der Waals surface area contributed by atoms with Crippen LogP contribution in [-0.4, -0.2) is 49.6 Å². The third kappa shape index (κ3) is 5.59. The molecule has 1 aromatic carbocycles.